The highest BCUT2D eigenvalue weighted by Crippen LogP contribution is 2.14. The molecule has 0 aliphatic heterocycles. The van der Waals surface area contributed by atoms with E-state index in [0.717, 1.165) is 0 Å². The maximum absolute atomic E-state index is 11.3. The Bertz CT molecular complexity index is 404. The summed E-state index contributed by atoms with van der Waals surface area (Å²) in [6, 6.07) is 0. The number of hydrogen-bond donors (Lipinski definition) is 0. The van der Waals surface area contributed by atoms with E-state index in [1.54, 1.807) is 19.1 Å². The highest BCUT2D eigenvalue weighted by Gasteiger charge is 2.30. The lowest BCUT2D eigenvalue weighted by atomic mass is 10.3. The van der Waals surface area contributed by atoms with Crippen molar-refractivity contribution >= 4 is 17.6 Å². The summed E-state index contributed by atoms with van der Waals surface area (Å²) >= 11 is 0. The maximum atomic E-state index is 11.3. The van der Waals surface area contributed by atoms with E-state index in [4.69, 9.17) is 4.52 Å². The molecule has 0 amide bonds. The largest absolute Gasteiger partial charge is 0.862 e. The van der Waals surface area contributed by atoms with E-state index in [2.05, 4.69) is 10.3 Å². The first-order valence-corrected chi connectivity index (χ1v) is 4.26. The second-order valence-electron chi connectivity index (χ2n) is 3.15. The Labute approximate surface area is 86.6 Å². The van der Waals surface area contributed by atoms with Crippen LogP contribution in [-0.2, 0) is 0 Å². The van der Waals surface area contributed by atoms with Crippen molar-refractivity contribution in [1.29, 1.82) is 0 Å². The molecule has 0 radical (unpaired) electrons. The van der Waals surface area contributed by atoms with Gasteiger partial charge >= 0.3 is 11.6 Å². The Morgan fingerprint density at radius 1 is 1.53 bits per heavy atom. The van der Waals surface area contributed by atoms with Crippen LogP contribution in [0.3, 0.4) is 0 Å². The van der Waals surface area contributed by atoms with Crippen LogP contribution in [0.2, 0.25) is 0 Å². The molecule has 7 nitrogen and oxygen atoms in total. The fourth-order valence-corrected chi connectivity index (χ4v) is 1.03. The molecule has 15 heavy (non-hydrogen) atoms. The van der Waals surface area contributed by atoms with Crippen LogP contribution in [0.1, 0.15) is 24.3 Å². The molecule has 0 spiro atoms. The van der Waals surface area contributed by atoms with Gasteiger partial charge in [0.2, 0.25) is 11.1 Å². The summed E-state index contributed by atoms with van der Waals surface area (Å²) in [7, 11) is 3.37. The number of hydrogen-bond acceptors (Lipinski definition) is 6. The van der Waals surface area contributed by atoms with E-state index >= 15 is 0 Å². The lowest BCUT2D eigenvalue weighted by molar-refractivity contribution is -0.754. The fourth-order valence-electron chi connectivity index (χ4n) is 1.03. The fraction of sp³-hybridized carbons (Fsp3) is 0.500. The van der Waals surface area contributed by atoms with Crippen LogP contribution in [0.4, 0.5) is 5.88 Å². The number of ketones is 1. The Balaban J connectivity index is 3.30. The van der Waals surface area contributed by atoms with Crippen molar-refractivity contribution in [1.82, 2.24) is 5.27 Å². The number of aliphatic imine (C=N–C) groups is 1. The van der Waals surface area contributed by atoms with Gasteiger partial charge in [-0.15, -0.1) is 0 Å². The monoisotopic (exact) mass is 212 g/mol. The molecule has 0 bridgehead atoms. The molecule has 1 aromatic heterocycles. The topological polar surface area (TPSA) is 85.6 Å². The van der Waals surface area contributed by atoms with Crippen LogP contribution in [0.5, 0.6) is 0 Å². The molecule has 1 heterocycles. The zero-order valence-corrected chi connectivity index (χ0v) is 9.01. The summed E-state index contributed by atoms with van der Waals surface area (Å²) in [5.74, 6) is -0.784. The van der Waals surface area contributed by atoms with Crippen LogP contribution in [-0.4, -0.2) is 31.0 Å². The molecule has 0 saturated carbocycles. The predicted octanol–water partition coefficient (Wildman–Crippen LogP) is -1.23. The van der Waals surface area contributed by atoms with Crippen molar-refractivity contribution in [3.63, 3.8) is 0 Å². The number of carbonyl (C=O) groups excluding carboxylic acids is 1. The molecule has 1 aromatic rings. The second kappa shape index (κ2) is 4.07. The van der Waals surface area contributed by atoms with Gasteiger partial charge in [-0.05, 0) is 12.8 Å². The van der Waals surface area contributed by atoms with Gasteiger partial charge in [0, 0.05) is 6.92 Å². The first-order valence-electron chi connectivity index (χ1n) is 4.26. The van der Waals surface area contributed by atoms with Gasteiger partial charge in [-0.1, -0.05) is 0 Å². The first kappa shape index (κ1) is 11.2. The number of carbonyl (C=O) groups is 1. The average Bonchev–Trinajstić information content (AvgIpc) is 2.46. The van der Waals surface area contributed by atoms with E-state index in [1.165, 1.54) is 18.6 Å². The average molecular weight is 212 g/mol. The Morgan fingerprint density at radius 3 is 2.53 bits per heavy atom. The smallest absolute Gasteiger partial charge is 0.375 e. The molecule has 0 N–H and O–H groups in total. The lowest BCUT2D eigenvalue weighted by Crippen LogP contribution is -2.57. The van der Waals surface area contributed by atoms with Gasteiger partial charge in [-0.25, -0.2) is 4.99 Å². The predicted molar refractivity (Wildman–Crippen MR) is 49.5 cm³/mol. The molecule has 82 valence electrons. The summed E-state index contributed by atoms with van der Waals surface area (Å²) in [5.41, 5.74) is 0.148. The summed E-state index contributed by atoms with van der Waals surface area (Å²) in [6.07, 6.45) is 0. The van der Waals surface area contributed by atoms with Crippen LogP contribution in [0.15, 0.2) is 9.52 Å². The molecule has 7 heteroatoms. The molecule has 0 aliphatic carbocycles. The van der Waals surface area contributed by atoms with Crippen molar-refractivity contribution in [3.05, 3.63) is 5.69 Å². The van der Waals surface area contributed by atoms with Gasteiger partial charge < -0.3 is 5.11 Å². The number of Topliss-reactive ketones (excluding diaryl/α,β-unsaturated/α-hetero) is 1. The highest BCUT2D eigenvalue weighted by atomic mass is 16.5. The van der Waals surface area contributed by atoms with Crippen molar-refractivity contribution in [2.45, 2.75) is 13.8 Å². The minimum atomic E-state index is -0.445. The standard InChI is InChI=1S/C8H12N4O3/c1-5(13)7-8(9-6(2)14)15-10-12(7)11(3)4/h1-4H3. The minimum absolute atomic E-state index is 0.0660. The zero-order valence-electron chi connectivity index (χ0n) is 9.01. The van der Waals surface area contributed by atoms with Gasteiger partial charge in [0.1, 0.15) is 0 Å². The van der Waals surface area contributed by atoms with E-state index in [1.807, 2.05) is 0 Å². The third kappa shape index (κ3) is 2.30. The van der Waals surface area contributed by atoms with Crippen molar-refractivity contribution < 1.29 is 19.2 Å². The van der Waals surface area contributed by atoms with Gasteiger partial charge in [0.15, 0.2) is 0 Å². The number of aromatic nitrogens is 2. The summed E-state index contributed by atoms with van der Waals surface area (Å²) in [6.45, 7) is 2.62. The van der Waals surface area contributed by atoms with Crippen molar-refractivity contribution in [2.24, 2.45) is 4.99 Å². The molecule has 0 unspecified atom stereocenters. The highest BCUT2D eigenvalue weighted by molar-refractivity contribution is 5.94. The van der Waals surface area contributed by atoms with Gasteiger partial charge in [0.05, 0.1) is 18.9 Å². The first-order chi connectivity index (χ1) is 6.93. The summed E-state index contributed by atoms with van der Waals surface area (Å²) in [4.78, 5) is 16.1. The van der Waals surface area contributed by atoms with Crippen molar-refractivity contribution in [3.8, 4) is 0 Å². The van der Waals surface area contributed by atoms with Gasteiger partial charge in [-0.2, -0.15) is 5.01 Å². The van der Waals surface area contributed by atoms with Crippen LogP contribution in [0, 0.1) is 0 Å². The molecular formula is C8H12N4O3. The van der Waals surface area contributed by atoms with Crippen LogP contribution in [0.25, 0.3) is 0 Å². The maximum Gasteiger partial charge on any atom is 0.375 e. The van der Waals surface area contributed by atoms with E-state index in [-0.39, 0.29) is 17.4 Å². The minimum Gasteiger partial charge on any atom is -0.862 e. The van der Waals surface area contributed by atoms with Crippen LogP contribution < -0.4 is 14.9 Å². The molecule has 0 aromatic carbocycles. The molecule has 0 fully saturated rings. The summed E-state index contributed by atoms with van der Waals surface area (Å²) in [5, 5.41) is 15.9. The molecule has 0 aliphatic rings. The van der Waals surface area contributed by atoms with E-state index < -0.39 is 5.90 Å². The molecular weight excluding hydrogens is 200 g/mol. The Hall–Kier alpha value is -1.92. The molecule has 0 atom stereocenters. The van der Waals surface area contributed by atoms with Crippen LogP contribution >= 0.6 is 0 Å². The number of nitrogens with zero attached hydrogens (tertiary/aromatic N) is 4. The van der Waals surface area contributed by atoms with Gasteiger partial charge in [0.25, 0.3) is 0 Å². The normalized spacial score (nSPS) is 11.6. The van der Waals surface area contributed by atoms with E-state index in [0.29, 0.717) is 0 Å². The third-order valence-electron chi connectivity index (χ3n) is 1.58. The zero-order chi connectivity index (χ0) is 11.6. The Morgan fingerprint density at radius 2 is 2.13 bits per heavy atom. The molecule has 0 saturated heterocycles. The van der Waals surface area contributed by atoms with Gasteiger partial charge in [-0.3, -0.25) is 9.32 Å². The van der Waals surface area contributed by atoms with Crippen molar-refractivity contribution in [2.75, 3.05) is 19.1 Å². The SMILES string of the molecule is CC(=O)c1c(/N=C(/C)[O-])on[n+]1N(C)C. The lowest BCUT2D eigenvalue weighted by Gasteiger charge is -1.99. The summed E-state index contributed by atoms with van der Waals surface area (Å²) < 4.78 is 4.79. The van der Waals surface area contributed by atoms with E-state index in [9.17, 15) is 9.90 Å². The number of rotatable bonds is 3. The quantitative estimate of drug-likeness (QED) is 0.271. The molecule has 1 rings (SSSR count). The Kier molecular flexibility index (Phi) is 3.03. The third-order valence-corrected chi connectivity index (χ3v) is 1.58. The second-order valence-corrected chi connectivity index (χ2v) is 3.15.